The molecule has 0 N–H and O–H groups in total. The smallest absolute Gasteiger partial charge is 0.338 e. The fourth-order valence-electron chi connectivity index (χ4n) is 4.74. The van der Waals surface area contributed by atoms with Crippen LogP contribution in [0.15, 0.2) is 69.9 Å². The van der Waals surface area contributed by atoms with Gasteiger partial charge in [0.05, 0.1) is 42.4 Å². The number of ether oxygens (including phenoxy) is 3. The zero-order valence-corrected chi connectivity index (χ0v) is 22.4. The van der Waals surface area contributed by atoms with Crippen molar-refractivity contribution in [2.45, 2.75) is 26.8 Å². The number of hydrogen-bond donors (Lipinski definition) is 0. The minimum atomic E-state index is -0.838. The van der Waals surface area contributed by atoms with Crippen LogP contribution in [0.4, 0.5) is 5.69 Å². The Balaban J connectivity index is 1.71. The Hall–Kier alpha value is -4.30. The van der Waals surface area contributed by atoms with E-state index in [2.05, 4.69) is 0 Å². The first-order valence-corrected chi connectivity index (χ1v) is 13.0. The number of rotatable bonds is 8. The van der Waals surface area contributed by atoms with E-state index >= 15 is 0 Å². The molecule has 3 aromatic carbocycles. The summed E-state index contributed by atoms with van der Waals surface area (Å²) < 4.78 is 22.6. The summed E-state index contributed by atoms with van der Waals surface area (Å²) in [5, 5.41) is 0.649. The molecule has 9 heteroatoms. The van der Waals surface area contributed by atoms with Crippen molar-refractivity contribution in [3.63, 3.8) is 0 Å². The molecule has 8 nitrogen and oxygen atoms in total. The fraction of sp³-hybridized carbons (Fsp3) is 0.233. The summed E-state index contributed by atoms with van der Waals surface area (Å²) in [5.74, 6) is 0.0317. The van der Waals surface area contributed by atoms with E-state index in [0.717, 1.165) is 0 Å². The van der Waals surface area contributed by atoms with E-state index in [-0.39, 0.29) is 34.3 Å². The van der Waals surface area contributed by atoms with E-state index in [9.17, 15) is 14.4 Å². The number of hydrogen-bond acceptors (Lipinski definition) is 7. The maximum atomic E-state index is 13.9. The van der Waals surface area contributed by atoms with Gasteiger partial charge in [-0.3, -0.25) is 14.5 Å². The van der Waals surface area contributed by atoms with Gasteiger partial charge < -0.3 is 18.6 Å². The molecule has 1 aromatic heterocycles. The Bertz CT molecular complexity index is 1630. The van der Waals surface area contributed by atoms with Crippen LogP contribution in [0.2, 0.25) is 5.02 Å². The van der Waals surface area contributed by atoms with Gasteiger partial charge in [0.15, 0.2) is 16.9 Å². The van der Waals surface area contributed by atoms with Crippen molar-refractivity contribution in [1.29, 1.82) is 0 Å². The van der Waals surface area contributed by atoms with Gasteiger partial charge in [0.1, 0.15) is 5.58 Å². The Morgan fingerprint density at radius 2 is 1.62 bits per heavy atom. The number of nitrogens with zero attached hydrogens (tertiary/aromatic N) is 1. The third-order valence-electron chi connectivity index (χ3n) is 6.37. The first kappa shape index (κ1) is 26.3. The summed E-state index contributed by atoms with van der Waals surface area (Å²) in [6.45, 7) is 6.55. The molecular weight excluding hydrogens is 522 g/mol. The van der Waals surface area contributed by atoms with Crippen molar-refractivity contribution in [2.75, 3.05) is 24.7 Å². The maximum absolute atomic E-state index is 13.9. The molecule has 0 fully saturated rings. The number of amides is 1. The predicted molar refractivity (Wildman–Crippen MR) is 147 cm³/mol. The van der Waals surface area contributed by atoms with E-state index in [1.54, 1.807) is 61.5 Å². The standard InChI is InChI=1S/C30H26ClNO7/c1-4-36-23-13-9-18(15-24(23)37-5-2)26-25-27(33)21-16-19(31)10-14-22(21)39-28(25)29(34)32(26)20-11-7-17(8-12-20)30(35)38-6-3/h7-16,26H,4-6H2,1-3H3. The molecule has 4 aromatic rings. The SMILES string of the molecule is CCOC(=O)c1ccc(N2C(=O)c3oc4ccc(Cl)cc4c(=O)c3C2c2ccc(OCC)c(OCC)c2)cc1. The van der Waals surface area contributed by atoms with Crippen LogP contribution in [0.5, 0.6) is 11.5 Å². The van der Waals surface area contributed by atoms with E-state index in [1.807, 2.05) is 13.8 Å². The van der Waals surface area contributed by atoms with Crippen LogP contribution >= 0.6 is 11.6 Å². The molecule has 0 saturated carbocycles. The Morgan fingerprint density at radius 1 is 0.897 bits per heavy atom. The van der Waals surface area contributed by atoms with Crippen molar-refractivity contribution in [2.24, 2.45) is 0 Å². The van der Waals surface area contributed by atoms with Crippen LogP contribution < -0.4 is 19.8 Å². The topological polar surface area (TPSA) is 95.3 Å². The lowest BCUT2D eigenvalue weighted by Gasteiger charge is -2.26. The normalized spacial score (nSPS) is 14.4. The van der Waals surface area contributed by atoms with Gasteiger partial charge in [-0.1, -0.05) is 17.7 Å². The number of halogens is 1. The number of carbonyl (C=O) groups excluding carboxylic acids is 2. The van der Waals surface area contributed by atoms with Gasteiger partial charge in [0.25, 0.3) is 5.91 Å². The Kier molecular flexibility index (Phi) is 7.30. The first-order valence-electron chi connectivity index (χ1n) is 12.6. The fourth-order valence-corrected chi connectivity index (χ4v) is 4.91. The van der Waals surface area contributed by atoms with Gasteiger partial charge in [0, 0.05) is 10.7 Å². The summed E-state index contributed by atoms with van der Waals surface area (Å²) in [6.07, 6.45) is 0. The van der Waals surface area contributed by atoms with Crippen molar-refractivity contribution in [3.05, 3.63) is 98.4 Å². The Labute approximate surface area is 229 Å². The second-order valence-electron chi connectivity index (χ2n) is 8.73. The summed E-state index contributed by atoms with van der Waals surface area (Å²) in [5.41, 5.74) is 1.53. The summed E-state index contributed by atoms with van der Waals surface area (Å²) in [4.78, 5) is 41.4. The molecule has 0 aliphatic carbocycles. The van der Waals surface area contributed by atoms with E-state index in [4.69, 9.17) is 30.2 Å². The van der Waals surface area contributed by atoms with Crippen molar-refractivity contribution >= 4 is 40.1 Å². The van der Waals surface area contributed by atoms with Gasteiger partial charge in [-0.25, -0.2) is 4.79 Å². The molecule has 0 spiro atoms. The zero-order chi connectivity index (χ0) is 27.7. The second-order valence-corrected chi connectivity index (χ2v) is 9.17. The molecule has 1 aliphatic heterocycles. The second kappa shape index (κ2) is 10.8. The molecule has 39 heavy (non-hydrogen) atoms. The minimum Gasteiger partial charge on any atom is -0.490 e. The number of anilines is 1. The van der Waals surface area contributed by atoms with Crippen LogP contribution in [0, 0.1) is 0 Å². The highest BCUT2D eigenvalue weighted by atomic mass is 35.5. The van der Waals surface area contributed by atoms with Gasteiger partial charge in [-0.15, -0.1) is 0 Å². The molecule has 1 unspecified atom stereocenters. The quantitative estimate of drug-likeness (QED) is 0.243. The largest absolute Gasteiger partial charge is 0.490 e. The van der Waals surface area contributed by atoms with Gasteiger partial charge in [-0.05, 0) is 80.9 Å². The summed E-state index contributed by atoms with van der Waals surface area (Å²) in [6, 6.07) is 15.6. The van der Waals surface area contributed by atoms with Crippen molar-refractivity contribution < 1.29 is 28.2 Å². The van der Waals surface area contributed by atoms with Crippen molar-refractivity contribution in [1.82, 2.24) is 0 Å². The van der Waals surface area contributed by atoms with E-state index < -0.39 is 17.9 Å². The molecule has 1 aliphatic rings. The molecule has 0 bridgehead atoms. The maximum Gasteiger partial charge on any atom is 0.338 e. The molecule has 1 amide bonds. The summed E-state index contributed by atoms with van der Waals surface area (Å²) >= 11 is 6.19. The molecule has 200 valence electrons. The monoisotopic (exact) mass is 547 g/mol. The highest BCUT2D eigenvalue weighted by Gasteiger charge is 2.44. The average Bonchev–Trinajstić information content (AvgIpc) is 3.23. The van der Waals surface area contributed by atoms with Gasteiger partial charge in [0.2, 0.25) is 5.76 Å². The number of esters is 1. The molecule has 1 atom stereocenters. The zero-order valence-electron chi connectivity index (χ0n) is 21.7. The molecule has 0 saturated heterocycles. The van der Waals surface area contributed by atoms with Crippen LogP contribution in [0.3, 0.4) is 0 Å². The number of benzene rings is 3. The van der Waals surface area contributed by atoms with E-state index in [0.29, 0.717) is 46.5 Å². The van der Waals surface area contributed by atoms with Gasteiger partial charge >= 0.3 is 5.97 Å². The average molecular weight is 548 g/mol. The minimum absolute atomic E-state index is 0.0545. The van der Waals surface area contributed by atoms with Crippen LogP contribution in [0.25, 0.3) is 11.0 Å². The van der Waals surface area contributed by atoms with Crippen LogP contribution in [0.1, 0.15) is 58.9 Å². The highest BCUT2D eigenvalue weighted by Crippen LogP contribution is 2.43. The Morgan fingerprint density at radius 3 is 2.31 bits per heavy atom. The molecule has 0 radical (unpaired) electrons. The lowest BCUT2D eigenvalue weighted by atomic mass is 9.97. The summed E-state index contributed by atoms with van der Waals surface area (Å²) in [7, 11) is 0. The molecule has 2 heterocycles. The lowest BCUT2D eigenvalue weighted by Crippen LogP contribution is -2.29. The predicted octanol–water partition coefficient (Wildman–Crippen LogP) is 6.17. The third-order valence-corrected chi connectivity index (χ3v) is 6.61. The highest BCUT2D eigenvalue weighted by molar-refractivity contribution is 6.31. The van der Waals surface area contributed by atoms with Crippen molar-refractivity contribution in [3.8, 4) is 11.5 Å². The van der Waals surface area contributed by atoms with E-state index in [1.165, 1.54) is 11.0 Å². The first-order chi connectivity index (χ1) is 18.9. The lowest BCUT2D eigenvalue weighted by molar-refractivity contribution is 0.0526. The molecular formula is C30H26ClNO7. The van der Waals surface area contributed by atoms with Gasteiger partial charge in [-0.2, -0.15) is 0 Å². The van der Waals surface area contributed by atoms with Crippen LogP contribution in [-0.4, -0.2) is 31.7 Å². The van der Waals surface area contributed by atoms with Crippen LogP contribution in [-0.2, 0) is 4.74 Å². The third kappa shape index (κ3) is 4.72. The number of fused-ring (bicyclic) bond motifs is 2. The number of carbonyl (C=O) groups is 2. The molecule has 5 rings (SSSR count).